The number of hydrogen-bond donors (Lipinski definition) is 4. The molecule has 2 aromatic carbocycles. The summed E-state index contributed by atoms with van der Waals surface area (Å²) in [5.74, 6) is -0.108. The Morgan fingerprint density at radius 1 is 1.07 bits per heavy atom. The number of hydrogen-bond acceptors (Lipinski definition) is 4. The molecular formula is C21H27N4O4+. The van der Waals surface area contributed by atoms with Crippen molar-refractivity contribution in [2.24, 2.45) is 0 Å². The third kappa shape index (κ3) is 6.62. The Morgan fingerprint density at radius 3 is 2.45 bits per heavy atom. The number of nitrogens with one attached hydrogen (secondary N) is 4. The molecule has 0 aliphatic rings. The van der Waals surface area contributed by atoms with Gasteiger partial charge >= 0.3 is 6.03 Å². The highest BCUT2D eigenvalue weighted by atomic mass is 16.5. The number of quaternary nitrogens is 1. The van der Waals surface area contributed by atoms with Crippen LogP contribution in [-0.4, -0.2) is 45.1 Å². The smallest absolute Gasteiger partial charge is 0.321 e. The van der Waals surface area contributed by atoms with E-state index in [4.69, 9.17) is 4.74 Å². The van der Waals surface area contributed by atoms with Gasteiger partial charge < -0.3 is 20.3 Å². The van der Waals surface area contributed by atoms with Gasteiger partial charge in [0.05, 0.1) is 14.2 Å². The molecule has 0 saturated carbocycles. The maximum absolute atomic E-state index is 12.8. The highest BCUT2D eigenvalue weighted by molar-refractivity contribution is 5.97. The van der Waals surface area contributed by atoms with Gasteiger partial charge in [0, 0.05) is 23.9 Å². The summed E-state index contributed by atoms with van der Waals surface area (Å²) in [5, 5.41) is 7.68. The van der Waals surface area contributed by atoms with Crippen LogP contribution < -0.4 is 25.6 Å². The molecule has 0 saturated heterocycles. The van der Waals surface area contributed by atoms with Crippen LogP contribution in [0, 0.1) is 0 Å². The van der Waals surface area contributed by atoms with Gasteiger partial charge in [0.2, 0.25) is 0 Å². The SMILES string of the molecule is CCNC(=O)NC(=O)[C@H](c1ccccc1)[NH+](C)CC(=O)Nc1cccc(OC)c1. The van der Waals surface area contributed by atoms with Crippen molar-refractivity contribution in [1.29, 1.82) is 0 Å². The van der Waals surface area contributed by atoms with Crippen LogP contribution in [0.15, 0.2) is 54.6 Å². The quantitative estimate of drug-likeness (QED) is 0.526. The van der Waals surface area contributed by atoms with Gasteiger partial charge in [0.1, 0.15) is 5.75 Å². The van der Waals surface area contributed by atoms with Crippen LogP contribution in [0.1, 0.15) is 18.5 Å². The van der Waals surface area contributed by atoms with E-state index in [1.807, 2.05) is 18.2 Å². The van der Waals surface area contributed by atoms with E-state index in [-0.39, 0.29) is 12.5 Å². The Morgan fingerprint density at radius 2 is 1.79 bits per heavy atom. The Kier molecular flexibility index (Phi) is 8.17. The fourth-order valence-electron chi connectivity index (χ4n) is 2.96. The fraction of sp³-hybridized carbons (Fsp3) is 0.286. The van der Waals surface area contributed by atoms with Crippen LogP contribution in [0.2, 0.25) is 0 Å². The lowest BCUT2D eigenvalue weighted by Gasteiger charge is -2.24. The molecule has 4 amide bonds. The predicted molar refractivity (Wildman–Crippen MR) is 110 cm³/mol. The lowest BCUT2D eigenvalue weighted by Crippen LogP contribution is -3.11. The first-order chi connectivity index (χ1) is 13.9. The zero-order valence-electron chi connectivity index (χ0n) is 16.8. The summed E-state index contributed by atoms with van der Waals surface area (Å²) in [6.07, 6.45) is 0. The van der Waals surface area contributed by atoms with E-state index in [0.29, 0.717) is 28.4 Å². The summed E-state index contributed by atoms with van der Waals surface area (Å²) in [7, 11) is 3.29. The van der Waals surface area contributed by atoms with Gasteiger partial charge in [-0.1, -0.05) is 36.4 Å². The Balaban J connectivity index is 2.11. The number of urea groups is 1. The molecule has 0 aromatic heterocycles. The molecule has 8 heteroatoms. The molecule has 1 unspecified atom stereocenters. The van der Waals surface area contributed by atoms with Crippen molar-refractivity contribution in [3.05, 3.63) is 60.2 Å². The largest absolute Gasteiger partial charge is 0.497 e. The minimum Gasteiger partial charge on any atom is -0.497 e. The first-order valence-electron chi connectivity index (χ1n) is 9.34. The Hall–Kier alpha value is -3.39. The lowest BCUT2D eigenvalue weighted by molar-refractivity contribution is -0.894. The minimum absolute atomic E-state index is 0.0274. The lowest BCUT2D eigenvalue weighted by atomic mass is 10.0. The summed E-state index contributed by atoms with van der Waals surface area (Å²) in [6, 6.07) is 14.8. The number of amides is 4. The molecule has 2 rings (SSSR count). The second-order valence-corrected chi connectivity index (χ2v) is 6.50. The van der Waals surface area contributed by atoms with Gasteiger partial charge in [0.15, 0.2) is 12.6 Å². The van der Waals surface area contributed by atoms with E-state index < -0.39 is 18.0 Å². The number of carbonyl (C=O) groups excluding carboxylic acids is 3. The van der Waals surface area contributed by atoms with Crippen LogP contribution >= 0.6 is 0 Å². The van der Waals surface area contributed by atoms with E-state index in [1.54, 1.807) is 57.5 Å². The van der Waals surface area contributed by atoms with E-state index >= 15 is 0 Å². The molecule has 0 radical (unpaired) electrons. The summed E-state index contributed by atoms with van der Waals surface area (Å²) in [5.41, 5.74) is 1.31. The van der Waals surface area contributed by atoms with Gasteiger partial charge in [-0.25, -0.2) is 4.79 Å². The average molecular weight is 399 g/mol. The number of rotatable bonds is 8. The molecule has 29 heavy (non-hydrogen) atoms. The van der Waals surface area contributed by atoms with E-state index in [0.717, 1.165) is 0 Å². The third-order valence-corrected chi connectivity index (χ3v) is 4.25. The summed E-state index contributed by atoms with van der Waals surface area (Å²) >= 11 is 0. The molecule has 0 fully saturated rings. The van der Waals surface area contributed by atoms with E-state index in [2.05, 4.69) is 16.0 Å². The maximum Gasteiger partial charge on any atom is 0.321 e. The first kappa shape index (κ1) is 21.9. The number of benzene rings is 2. The van der Waals surface area contributed by atoms with Gasteiger partial charge in [-0.2, -0.15) is 0 Å². The van der Waals surface area contributed by atoms with Crippen molar-refractivity contribution in [1.82, 2.24) is 10.6 Å². The van der Waals surface area contributed by atoms with Crippen LogP contribution in [0.3, 0.4) is 0 Å². The van der Waals surface area contributed by atoms with Crippen LogP contribution in [0.5, 0.6) is 5.75 Å². The molecule has 0 aliphatic heterocycles. The van der Waals surface area contributed by atoms with Crippen molar-refractivity contribution in [2.75, 3.05) is 32.6 Å². The topological polar surface area (TPSA) is 101 Å². The second kappa shape index (κ2) is 10.8. The zero-order valence-corrected chi connectivity index (χ0v) is 16.8. The molecule has 8 nitrogen and oxygen atoms in total. The second-order valence-electron chi connectivity index (χ2n) is 6.50. The monoisotopic (exact) mass is 399 g/mol. The zero-order chi connectivity index (χ0) is 21.2. The number of likely N-dealkylation sites (N-methyl/N-ethyl adjacent to an activating group) is 1. The number of imide groups is 1. The predicted octanol–water partition coefficient (Wildman–Crippen LogP) is 0.735. The molecule has 2 atom stereocenters. The molecule has 0 aliphatic carbocycles. The van der Waals surface area contributed by atoms with E-state index in [1.165, 1.54) is 0 Å². The third-order valence-electron chi connectivity index (χ3n) is 4.25. The van der Waals surface area contributed by atoms with Gasteiger partial charge in [-0.3, -0.25) is 14.9 Å². The molecule has 154 valence electrons. The molecule has 4 N–H and O–H groups in total. The summed E-state index contributed by atoms with van der Waals surface area (Å²) < 4.78 is 5.15. The standard InChI is InChI=1S/C21H26N4O4/c1-4-22-21(28)24-20(27)19(15-9-6-5-7-10-15)25(2)14-18(26)23-16-11-8-12-17(13-16)29-3/h5-13,19H,4,14H2,1-3H3,(H,23,26)(H2,22,24,27,28)/p+1/t19-/m0/s1. The first-order valence-corrected chi connectivity index (χ1v) is 9.34. The normalized spacial score (nSPS) is 12.4. The molecule has 2 aromatic rings. The Labute approximate surface area is 170 Å². The maximum atomic E-state index is 12.8. The van der Waals surface area contributed by atoms with E-state index in [9.17, 15) is 14.4 Å². The van der Waals surface area contributed by atoms with Crippen molar-refractivity contribution in [3.8, 4) is 5.75 Å². The highest BCUT2D eigenvalue weighted by Crippen LogP contribution is 2.16. The summed E-state index contributed by atoms with van der Waals surface area (Å²) in [4.78, 5) is 37.7. The van der Waals surface area contributed by atoms with Gasteiger partial charge in [-0.15, -0.1) is 0 Å². The number of anilines is 1. The van der Waals surface area contributed by atoms with Crippen molar-refractivity contribution in [2.45, 2.75) is 13.0 Å². The van der Waals surface area contributed by atoms with Gasteiger partial charge in [-0.05, 0) is 19.1 Å². The van der Waals surface area contributed by atoms with Gasteiger partial charge in [0.25, 0.3) is 11.8 Å². The Bertz CT molecular complexity index is 842. The fourth-order valence-corrected chi connectivity index (χ4v) is 2.96. The minimum atomic E-state index is -0.727. The van der Waals surface area contributed by atoms with Crippen LogP contribution in [0.4, 0.5) is 10.5 Å². The highest BCUT2D eigenvalue weighted by Gasteiger charge is 2.31. The number of ether oxygens (including phenoxy) is 1. The molecule has 0 spiro atoms. The van der Waals surface area contributed by atoms with Crippen molar-refractivity contribution < 1.29 is 24.0 Å². The average Bonchev–Trinajstić information content (AvgIpc) is 2.69. The van der Waals surface area contributed by atoms with Crippen LogP contribution in [-0.2, 0) is 9.59 Å². The van der Waals surface area contributed by atoms with Crippen LogP contribution in [0.25, 0.3) is 0 Å². The summed E-state index contributed by atoms with van der Waals surface area (Å²) in [6.45, 7) is 2.19. The molecule has 0 heterocycles. The molecule has 0 bridgehead atoms. The number of methoxy groups -OCH3 is 1. The van der Waals surface area contributed by atoms with Crippen molar-refractivity contribution in [3.63, 3.8) is 0 Å². The molecular weight excluding hydrogens is 372 g/mol. The number of carbonyl (C=O) groups is 3. The van der Waals surface area contributed by atoms with Crippen molar-refractivity contribution >= 4 is 23.5 Å².